The molecule has 1 aliphatic heterocycles. The molecule has 7 nitrogen and oxygen atoms in total. The monoisotopic (exact) mass is 387 g/mol. The summed E-state index contributed by atoms with van der Waals surface area (Å²) in [6.45, 7) is 5.05. The van der Waals surface area contributed by atoms with E-state index in [1.165, 1.54) is 25.7 Å². The van der Waals surface area contributed by atoms with Crippen LogP contribution < -0.4 is 5.32 Å². The van der Waals surface area contributed by atoms with Crippen LogP contribution >= 0.6 is 0 Å². The molecule has 0 radical (unpaired) electrons. The fourth-order valence-electron chi connectivity index (χ4n) is 3.86. The fraction of sp³-hybridized carbons (Fsp3) is 0.524. The molecule has 0 saturated carbocycles. The Hall–Kier alpha value is -2.54. The van der Waals surface area contributed by atoms with E-state index in [9.17, 15) is 14.7 Å². The van der Waals surface area contributed by atoms with E-state index in [0.29, 0.717) is 23.6 Å². The maximum Gasteiger partial charge on any atom is 0.337 e. The number of likely N-dealkylation sites (tertiary alicyclic amines) is 1. The summed E-state index contributed by atoms with van der Waals surface area (Å²) in [5.41, 5.74) is 1.36. The number of carbonyl (C=O) groups is 2. The number of furan rings is 1. The molecule has 1 aliphatic rings. The molecule has 152 valence electrons. The van der Waals surface area contributed by atoms with Crippen molar-refractivity contribution in [3.05, 3.63) is 46.7 Å². The van der Waals surface area contributed by atoms with Gasteiger partial charge in [-0.15, -0.1) is 0 Å². The number of hydrogen-bond acceptors (Lipinski definition) is 4. The first-order valence-corrected chi connectivity index (χ1v) is 9.88. The predicted octanol–water partition coefficient (Wildman–Crippen LogP) is 2.86. The van der Waals surface area contributed by atoms with E-state index in [1.807, 2.05) is 12.1 Å². The lowest BCUT2D eigenvalue weighted by molar-refractivity contribution is -0.120. The second kappa shape index (κ2) is 9.10. The summed E-state index contributed by atoms with van der Waals surface area (Å²) >= 11 is 0. The van der Waals surface area contributed by atoms with E-state index in [-0.39, 0.29) is 17.9 Å². The summed E-state index contributed by atoms with van der Waals surface area (Å²) in [4.78, 5) is 26.2. The molecule has 2 N–H and O–H groups in total. The average Bonchev–Trinajstić information content (AvgIpc) is 3.08. The largest absolute Gasteiger partial charge is 0.478 e. The zero-order valence-electron chi connectivity index (χ0n) is 16.7. The number of carboxylic acid groups (broad SMARTS) is 1. The number of amides is 1. The van der Waals surface area contributed by atoms with Crippen LogP contribution in [-0.2, 0) is 31.4 Å². The van der Waals surface area contributed by atoms with E-state index >= 15 is 0 Å². The minimum Gasteiger partial charge on any atom is -0.478 e. The maximum absolute atomic E-state index is 12.3. The highest BCUT2D eigenvalue weighted by atomic mass is 16.4. The van der Waals surface area contributed by atoms with Crippen molar-refractivity contribution < 1.29 is 19.1 Å². The minimum atomic E-state index is -1.01. The van der Waals surface area contributed by atoms with Crippen LogP contribution in [0.3, 0.4) is 0 Å². The molecule has 0 spiro atoms. The SMILES string of the molecule is Cc1cn(C)c(CC(=O)NCc2ccc(CN3CCCCCC3)o2)c1C(=O)O. The molecular weight excluding hydrogens is 358 g/mol. The molecule has 0 atom stereocenters. The van der Waals surface area contributed by atoms with Gasteiger partial charge in [0, 0.05) is 18.9 Å². The van der Waals surface area contributed by atoms with Crippen molar-refractivity contribution >= 4 is 11.9 Å². The molecule has 0 aliphatic carbocycles. The number of aromatic nitrogens is 1. The van der Waals surface area contributed by atoms with Crippen LogP contribution in [0.25, 0.3) is 0 Å². The molecule has 0 unspecified atom stereocenters. The van der Waals surface area contributed by atoms with Crippen molar-refractivity contribution in [1.29, 1.82) is 0 Å². The number of hydrogen-bond donors (Lipinski definition) is 2. The number of aryl methyl sites for hydroxylation is 2. The van der Waals surface area contributed by atoms with Gasteiger partial charge in [-0.3, -0.25) is 9.69 Å². The second-order valence-corrected chi connectivity index (χ2v) is 7.56. The van der Waals surface area contributed by atoms with Crippen molar-refractivity contribution in [2.45, 2.75) is 52.1 Å². The van der Waals surface area contributed by atoms with Crippen LogP contribution in [0.15, 0.2) is 22.7 Å². The van der Waals surface area contributed by atoms with Gasteiger partial charge >= 0.3 is 5.97 Å². The second-order valence-electron chi connectivity index (χ2n) is 7.56. The molecule has 28 heavy (non-hydrogen) atoms. The minimum absolute atomic E-state index is 0.0211. The van der Waals surface area contributed by atoms with Gasteiger partial charge in [0.1, 0.15) is 11.5 Å². The van der Waals surface area contributed by atoms with E-state index in [4.69, 9.17) is 4.42 Å². The number of aromatic carboxylic acids is 1. The Bertz CT molecular complexity index is 829. The highest BCUT2D eigenvalue weighted by molar-refractivity contribution is 5.93. The summed E-state index contributed by atoms with van der Waals surface area (Å²) in [7, 11) is 1.75. The third-order valence-electron chi connectivity index (χ3n) is 5.29. The lowest BCUT2D eigenvalue weighted by Crippen LogP contribution is -2.26. The maximum atomic E-state index is 12.3. The van der Waals surface area contributed by atoms with Gasteiger partial charge < -0.3 is 19.4 Å². The van der Waals surface area contributed by atoms with Gasteiger partial charge in [0.25, 0.3) is 0 Å². The van der Waals surface area contributed by atoms with Crippen LogP contribution in [0.5, 0.6) is 0 Å². The van der Waals surface area contributed by atoms with Crippen LogP contribution in [0.2, 0.25) is 0 Å². The highest BCUT2D eigenvalue weighted by Gasteiger charge is 2.20. The van der Waals surface area contributed by atoms with Crippen molar-refractivity contribution in [2.24, 2.45) is 7.05 Å². The number of nitrogens with one attached hydrogen (secondary N) is 1. The summed E-state index contributed by atoms with van der Waals surface area (Å²) in [6, 6.07) is 3.86. The predicted molar refractivity (Wildman–Crippen MR) is 105 cm³/mol. The van der Waals surface area contributed by atoms with E-state index < -0.39 is 5.97 Å². The van der Waals surface area contributed by atoms with Crippen molar-refractivity contribution in [1.82, 2.24) is 14.8 Å². The van der Waals surface area contributed by atoms with Crippen LogP contribution in [0.1, 0.15) is 58.8 Å². The van der Waals surface area contributed by atoms with E-state index in [1.54, 1.807) is 24.7 Å². The Balaban J connectivity index is 1.53. The number of carboxylic acids is 1. The van der Waals surface area contributed by atoms with Gasteiger partial charge in [0.2, 0.25) is 5.91 Å². The fourth-order valence-corrected chi connectivity index (χ4v) is 3.86. The van der Waals surface area contributed by atoms with E-state index in [2.05, 4.69) is 10.2 Å². The molecule has 0 aromatic carbocycles. The first kappa shape index (κ1) is 20.2. The van der Waals surface area contributed by atoms with Crippen LogP contribution in [0.4, 0.5) is 0 Å². The Morgan fingerprint density at radius 3 is 2.50 bits per heavy atom. The quantitative estimate of drug-likeness (QED) is 0.763. The topological polar surface area (TPSA) is 87.7 Å². The smallest absolute Gasteiger partial charge is 0.337 e. The first-order valence-electron chi connectivity index (χ1n) is 9.88. The summed E-state index contributed by atoms with van der Waals surface area (Å²) in [5.74, 6) is 0.385. The van der Waals surface area contributed by atoms with Gasteiger partial charge in [-0.2, -0.15) is 0 Å². The molecule has 1 saturated heterocycles. The van der Waals surface area contributed by atoms with Crippen LogP contribution in [0, 0.1) is 6.92 Å². The lowest BCUT2D eigenvalue weighted by atomic mass is 10.1. The van der Waals surface area contributed by atoms with Gasteiger partial charge in [0.15, 0.2) is 0 Å². The highest BCUT2D eigenvalue weighted by Crippen LogP contribution is 2.18. The third-order valence-corrected chi connectivity index (χ3v) is 5.29. The molecule has 1 amide bonds. The normalized spacial score (nSPS) is 15.4. The molecule has 2 aromatic heterocycles. The van der Waals surface area contributed by atoms with Crippen molar-refractivity contribution in [3.63, 3.8) is 0 Å². The number of nitrogens with zero attached hydrogens (tertiary/aromatic N) is 2. The number of rotatable bonds is 7. The molecule has 1 fully saturated rings. The number of carbonyl (C=O) groups excluding carboxylic acids is 1. The van der Waals surface area contributed by atoms with Crippen LogP contribution in [-0.4, -0.2) is 39.5 Å². The summed E-state index contributed by atoms with van der Waals surface area (Å²) < 4.78 is 7.56. The summed E-state index contributed by atoms with van der Waals surface area (Å²) in [6.07, 6.45) is 6.83. The molecule has 3 heterocycles. The van der Waals surface area contributed by atoms with E-state index in [0.717, 1.165) is 25.4 Å². The molecule has 7 heteroatoms. The Morgan fingerprint density at radius 1 is 1.14 bits per heavy atom. The molecular formula is C21H29N3O4. The van der Waals surface area contributed by atoms with Gasteiger partial charge in [0.05, 0.1) is 25.1 Å². The zero-order chi connectivity index (χ0) is 20.1. The van der Waals surface area contributed by atoms with Crippen molar-refractivity contribution in [2.75, 3.05) is 13.1 Å². The first-order chi connectivity index (χ1) is 13.4. The van der Waals surface area contributed by atoms with Gasteiger partial charge in [-0.25, -0.2) is 4.79 Å². The van der Waals surface area contributed by atoms with Gasteiger partial charge in [-0.05, 0) is 50.6 Å². The third kappa shape index (κ3) is 5.04. The summed E-state index contributed by atoms with van der Waals surface area (Å²) in [5, 5.41) is 12.2. The standard InChI is InChI=1S/C21H29N3O4/c1-15-13-23(2)18(20(15)21(26)27)11-19(25)22-12-16-7-8-17(28-16)14-24-9-5-3-4-6-10-24/h7-8,13H,3-6,9-12,14H2,1-2H3,(H,22,25)(H,26,27). The lowest BCUT2D eigenvalue weighted by Gasteiger charge is -2.17. The Kier molecular flexibility index (Phi) is 6.57. The zero-order valence-corrected chi connectivity index (χ0v) is 16.7. The average molecular weight is 387 g/mol. The molecule has 0 bridgehead atoms. The van der Waals surface area contributed by atoms with Gasteiger partial charge in [-0.1, -0.05) is 12.8 Å². The molecule has 2 aromatic rings. The molecule has 3 rings (SSSR count). The Labute approximate surface area is 165 Å². The Morgan fingerprint density at radius 2 is 1.82 bits per heavy atom. The van der Waals surface area contributed by atoms with Crippen molar-refractivity contribution in [3.8, 4) is 0 Å².